The molecule has 32 heavy (non-hydrogen) atoms. The SMILES string of the molecule is Cn1c(-c2ccccn2)cc2ccccc21.Cn1c(-c2ccccn2)cc2ccccc21. The number of rotatable bonds is 2. The third-order valence-corrected chi connectivity index (χ3v) is 5.76. The minimum atomic E-state index is 1.02. The van der Waals surface area contributed by atoms with Crippen molar-refractivity contribution in [1.82, 2.24) is 19.1 Å². The van der Waals surface area contributed by atoms with Gasteiger partial charge in [-0.05, 0) is 48.5 Å². The minimum absolute atomic E-state index is 1.02. The molecule has 0 spiro atoms. The quantitative estimate of drug-likeness (QED) is 0.324. The molecule has 0 saturated carbocycles. The van der Waals surface area contributed by atoms with Crippen LogP contribution in [0.5, 0.6) is 0 Å². The maximum Gasteiger partial charge on any atom is 0.0866 e. The fourth-order valence-electron chi connectivity index (χ4n) is 4.10. The van der Waals surface area contributed by atoms with E-state index >= 15 is 0 Å². The van der Waals surface area contributed by atoms with Crippen LogP contribution >= 0.6 is 0 Å². The Labute approximate surface area is 187 Å². The molecule has 6 rings (SSSR count). The van der Waals surface area contributed by atoms with Crippen LogP contribution in [0.4, 0.5) is 0 Å². The first-order valence-electron chi connectivity index (χ1n) is 10.6. The molecule has 156 valence electrons. The van der Waals surface area contributed by atoms with Gasteiger partial charge in [-0.25, -0.2) is 0 Å². The number of aryl methyl sites for hydroxylation is 2. The highest BCUT2D eigenvalue weighted by atomic mass is 15.0. The maximum atomic E-state index is 4.38. The summed E-state index contributed by atoms with van der Waals surface area (Å²) < 4.78 is 4.36. The summed E-state index contributed by atoms with van der Waals surface area (Å²) in [4.78, 5) is 8.77. The monoisotopic (exact) mass is 416 g/mol. The van der Waals surface area contributed by atoms with Crippen LogP contribution in [0.2, 0.25) is 0 Å². The second-order valence-electron chi connectivity index (χ2n) is 7.72. The van der Waals surface area contributed by atoms with Crippen molar-refractivity contribution in [1.29, 1.82) is 0 Å². The highest BCUT2D eigenvalue weighted by Crippen LogP contribution is 2.26. The Morgan fingerprint density at radius 2 is 0.906 bits per heavy atom. The zero-order chi connectivity index (χ0) is 21.9. The molecule has 0 unspecified atom stereocenters. The van der Waals surface area contributed by atoms with Gasteiger partial charge in [0.25, 0.3) is 0 Å². The second-order valence-corrected chi connectivity index (χ2v) is 7.72. The third kappa shape index (κ3) is 3.67. The number of aromatic nitrogens is 4. The van der Waals surface area contributed by atoms with Crippen molar-refractivity contribution in [2.45, 2.75) is 0 Å². The van der Waals surface area contributed by atoms with Crippen LogP contribution in [0.15, 0.2) is 109 Å². The summed E-state index contributed by atoms with van der Waals surface area (Å²) in [6.07, 6.45) is 3.65. The van der Waals surface area contributed by atoms with E-state index in [2.05, 4.69) is 93.9 Å². The Hall–Kier alpha value is -4.18. The Morgan fingerprint density at radius 1 is 0.500 bits per heavy atom. The molecule has 0 aliphatic heterocycles. The van der Waals surface area contributed by atoms with Crippen LogP contribution in [0, 0.1) is 0 Å². The fraction of sp³-hybridized carbons (Fsp3) is 0.0714. The summed E-state index contributed by atoms with van der Waals surface area (Å²) in [5, 5.41) is 2.51. The number of benzene rings is 2. The lowest BCUT2D eigenvalue weighted by Crippen LogP contribution is -1.92. The van der Waals surface area contributed by atoms with Gasteiger partial charge in [-0.1, -0.05) is 48.5 Å². The van der Waals surface area contributed by atoms with Gasteiger partial charge in [0.15, 0.2) is 0 Å². The van der Waals surface area contributed by atoms with E-state index in [4.69, 9.17) is 0 Å². The van der Waals surface area contributed by atoms with Gasteiger partial charge in [0.05, 0.1) is 22.8 Å². The molecule has 0 saturated heterocycles. The lowest BCUT2D eigenvalue weighted by atomic mass is 10.2. The predicted molar refractivity (Wildman–Crippen MR) is 132 cm³/mol. The second kappa shape index (κ2) is 8.52. The molecule has 0 N–H and O–H groups in total. The number of fused-ring (bicyclic) bond motifs is 2. The normalized spacial score (nSPS) is 10.8. The molecular formula is C28H24N4. The number of nitrogens with zero attached hydrogens (tertiary/aromatic N) is 4. The average Bonchev–Trinajstić information content (AvgIpc) is 3.38. The molecule has 0 aliphatic rings. The molecule has 0 fully saturated rings. The molecular weight excluding hydrogens is 392 g/mol. The first kappa shape index (κ1) is 19.8. The standard InChI is InChI=1S/2C14H12N2/c2*1-16-13-8-3-2-6-11(13)10-14(16)12-7-4-5-9-15-12/h2*2-10H,1H3. The molecule has 0 aliphatic carbocycles. The zero-order valence-electron chi connectivity index (χ0n) is 18.2. The molecule has 4 heteroatoms. The zero-order valence-corrected chi connectivity index (χ0v) is 18.2. The predicted octanol–water partition coefficient (Wildman–Crippen LogP) is 6.48. The van der Waals surface area contributed by atoms with Crippen molar-refractivity contribution in [3.05, 3.63) is 109 Å². The summed E-state index contributed by atoms with van der Waals surface area (Å²) >= 11 is 0. The first-order valence-corrected chi connectivity index (χ1v) is 10.6. The summed E-state index contributed by atoms with van der Waals surface area (Å²) in [5.41, 5.74) is 6.82. The van der Waals surface area contributed by atoms with Gasteiger partial charge in [-0.3, -0.25) is 9.97 Å². The summed E-state index contributed by atoms with van der Waals surface area (Å²) in [6, 6.07) is 33.1. The van der Waals surface area contributed by atoms with Crippen molar-refractivity contribution in [3.8, 4) is 22.8 Å². The third-order valence-electron chi connectivity index (χ3n) is 5.76. The van der Waals surface area contributed by atoms with E-state index in [9.17, 15) is 0 Å². The smallest absolute Gasteiger partial charge is 0.0866 e. The van der Waals surface area contributed by atoms with Crippen LogP contribution in [-0.2, 0) is 14.1 Å². The summed E-state index contributed by atoms with van der Waals surface area (Å²) in [6.45, 7) is 0. The lowest BCUT2D eigenvalue weighted by molar-refractivity contribution is 0.970. The van der Waals surface area contributed by atoms with E-state index in [1.165, 1.54) is 21.8 Å². The van der Waals surface area contributed by atoms with E-state index in [0.717, 1.165) is 22.8 Å². The van der Waals surface area contributed by atoms with Gasteiger partial charge in [0, 0.05) is 48.3 Å². The van der Waals surface area contributed by atoms with Gasteiger partial charge in [0.1, 0.15) is 0 Å². The minimum Gasteiger partial charge on any atom is -0.342 e. The molecule has 0 atom stereocenters. The molecule has 0 amide bonds. The van der Waals surface area contributed by atoms with E-state index in [1.807, 2.05) is 48.8 Å². The number of hydrogen-bond acceptors (Lipinski definition) is 2. The molecule has 2 aromatic carbocycles. The maximum absolute atomic E-state index is 4.38. The van der Waals surface area contributed by atoms with E-state index in [1.54, 1.807) is 0 Å². The van der Waals surface area contributed by atoms with Gasteiger partial charge in [0.2, 0.25) is 0 Å². The Kier molecular flexibility index (Phi) is 5.26. The lowest BCUT2D eigenvalue weighted by Gasteiger charge is -2.02. The van der Waals surface area contributed by atoms with Crippen molar-refractivity contribution >= 4 is 21.8 Å². The number of pyridine rings is 2. The summed E-state index contributed by atoms with van der Waals surface area (Å²) in [7, 11) is 4.15. The molecule has 4 nitrogen and oxygen atoms in total. The van der Waals surface area contributed by atoms with Gasteiger partial charge in [-0.15, -0.1) is 0 Å². The van der Waals surface area contributed by atoms with E-state index in [0.29, 0.717) is 0 Å². The van der Waals surface area contributed by atoms with Crippen LogP contribution in [0.3, 0.4) is 0 Å². The molecule has 0 radical (unpaired) electrons. The van der Waals surface area contributed by atoms with Crippen molar-refractivity contribution in [2.24, 2.45) is 14.1 Å². The number of para-hydroxylation sites is 2. The highest BCUT2D eigenvalue weighted by Gasteiger charge is 2.08. The number of hydrogen-bond donors (Lipinski definition) is 0. The van der Waals surface area contributed by atoms with Crippen LogP contribution in [0.1, 0.15) is 0 Å². The molecule has 4 aromatic heterocycles. The van der Waals surface area contributed by atoms with Crippen molar-refractivity contribution in [2.75, 3.05) is 0 Å². The first-order chi connectivity index (χ1) is 15.7. The van der Waals surface area contributed by atoms with Crippen LogP contribution in [0.25, 0.3) is 44.6 Å². The van der Waals surface area contributed by atoms with Crippen molar-refractivity contribution in [3.63, 3.8) is 0 Å². The van der Waals surface area contributed by atoms with Gasteiger partial charge >= 0.3 is 0 Å². The molecule has 0 bridgehead atoms. The highest BCUT2D eigenvalue weighted by molar-refractivity contribution is 5.87. The summed E-state index contributed by atoms with van der Waals surface area (Å²) in [5.74, 6) is 0. The van der Waals surface area contributed by atoms with Crippen LogP contribution in [-0.4, -0.2) is 19.1 Å². The fourth-order valence-corrected chi connectivity index (χ4v) is 4.10. The van der Waals surface area contributed by atoms with Crippen molar-refractivity contribution < 1.29 is 0 Å². The van der Waals surface area contributed by atoms with Crippen LogP contribution < -0.4 is 0 Å². The van der Waals surface area contributed by atoms with E-state index < -0.39 is 0 Å². The molecule has 4 heterocycles. The largest absolute Gasteiger partial charge is 0.342 e. The Bertz CT molecular complexity index is 1360. The Balaban J connectivity index is 0.000000135. The topological polar surface area (TPSA) is 35.6 Å². The molecule has 6 aromatic rings. The van der Waals surface area contributed by atoms with E-state index in [-0.39, 0.29) is 0 Å². The Morgan fingerprint density at radius 3 is 1.28 bits per heavy atom. The van der Waals surface area contributed by atoms with Gasteiger partial charge in [-0.2, -0.15) is 0 Å². The average molecular weight is 417 g/mol. The van der Waals surface area contributed by atoms with Gasteiger partial charge < -0.3 is 9.13 Å².